The minimum Gasteiger partial charge on any atom is -0.347 e. The Kier molecular flexibility index (Phi) is 4.29. The van der Waals surface area contributed by atoms with Crippen LogP contribution in [0.3, 0.4) is 0 Å². The molecule has 0 atom stereocenters. The van der Waals surface area contributed by atoms with E-state index < -0.39 is 0 Å². The van der Waals surface area contributed by atoms with Crippen molar-refractivity contribution in [3.63, 3.8) is 0 Å². The highest BCUT2D eigenvalue weighted by molar-refractivity contribution is 7.10. The van der Waals surface area contributed by atoms with E-state index in [9.17, 15) is 4.79 Å². The summed E-state index contributed by atoms with van der Waals surface area (Å²) in [5.74, 6) is 0.886. The van der Waals surface area contributed by atoms with Crippen LogP contribution in [0.25, 0.3) is 11.4 Å². The molecule has 3 aromatic rings. The second-order valence-electron chi connectivity index (χ2n) is 4.86. The number of aromatic nitrogens is 2. The molecule has 0 saturated heterocycles. The smallest absolute Gasteiger partial charge is 0.246 e. The zero-order valence-electron chi connectivity index (χ0n) is 12.1. The number of hydrogen-bond acceptors (Lipinski definition) is 5. The predicted octanol–water partition coefficient (Wildman–Crippen LogP) is 2.97. The van der Waals surface area contributed by atoms with Crippen molar-refractivity contribution in [3.8, 4) is 11.4 Å². The van der Waals surface area contributed by atoms with E-state index >= 15 is 0 Å². The molecule has 0 aliphatic rings. The number of nitrogens with one attached hydrogen (secondary N) is 1. The fourth-order valence-corrected chi connectivity index (χ4v) is 2.77. The van der Waals surface area contributed by atoms with Crippen LogP contribution in [0.4, 0.5) is 0 Å². The summed E-state index contributed by atoms with van der Waals surface area (Å²) < 4.78 is 5.19. The average Bonchev–Trinajstić information content (AvgIpc) is 3.17. The Hall–Kier alpha value is -2.47. The van der Waals surface area contributed by atoms with Gasteiger partial charge in [0.05, 0.1) is 13.0 Å². The van der Waals surface area contributed by atoms with Gasteiger partial charge in [0.1, 0.15) is 0 Å². The monoisotopic (exact) mass is 313 g/mol. The quantitative estimate of drug-likeness (QED) is 0.786. The van der Waals surface area contributed by atoms with Crippen molar-refractivity contribution in [2.75, 3.05) is 0 Å². The van der Waals surface area contributed by atoms with Gasteiger partial charge in [-0.25, -0.2) is 0 Å². The summed E-state index contributed by atoms with van der Waals surface area (Å²) in [6.45, 7) is 2.23. The summed E-state index contributed by atoms with van der Waals surface area (Å²) in [5.41, 5.74) is 2.01. The summed E-state index contributed by atoms with van der Waals surface area (Å²) in [6.07, 6.45) is 0.371. The molecule has 1 amide bonds. The van der Waals surface area contributed by atoms with Gasteiger partial charge >= 0.3 is 0 Å². The van der Waals surface area contributed by atoms with Crippen LogP contribution >= 0.6 is 11.3 Å². The molecule has 0 radical (unpaired) electrons. The number of carbonyl (C=O) groups excluding carboxylic acids is 1. The summed E-state index contributed by atoms with van der Waals surface area (Å²) in [4.78, 5) is 17.2. The van der Waals surface area contributed by atoms with Gasteiger partial charge in [-0.15, -0.1) is 11.3 Å². The highest BCUT2D eigenvalue weighted by Crippen LogP contribution is 2.19. The van der Waals surface area contributed by atoms with Crippen LogP contribution in [0.15, 0.2) is 46.3 Å². The molecule has 0 saturated carbocycles. The normalized spacial score (nSPS) is 10.6. The van der Waals surface area contributed by atoms with Crippen molar-refractivity contribution in [1.82, 2.24) is 15.5 Å². The molecule has 3 rings (SSSR count). The number of carbonyl (C=O) groups is 1. The average molecular weight is 313 g/mol. The number of amides is 1. The van der Waals surface area contributed by atoms with Gasteiger partial charge in [0.2, 0.25) is 17.6 Å². The minimum absolute atomic E-state index is 0.0573. The molecule has 112 valence electrons. The number of thiophene rings is 1. The maximum Gasteiger partial charge on any atom is 0.246 e. The molecule has 2 heterocycles. The third-order valence-electron chi connectivity index (χ3n) is 3.21. The summed E-state index contributed by atoms with van der Waals surface area (Å²) in [7, 11) is 0. The predicted molar refractivity (Wildman–Crippen MR) is 84.3 cm³/mol. The molecule has 22 heavy (non-hydrogen) atoms. The first-order chi connectivity index (χ1) is 10.7. The van der Waals surface area contributed by atoms with E-state index in [1.165, 1.54) is 0 Å². The van der Waals surface area contributed by atoms with Gasteiger partial charge in [-0.05, 0) is 23.9 Å². The first-order valence-electron chi connectivity index (χ1n) is 6.90. The number of nitrogens with zero attached hydrogens (tertiary/aromatic N) is 2. The van der Waals surface area contributed by atoms with Crippen LogP contribution in [0, 0.1) is 6.92 Å². The standard InChI is InChI=1S/C16H15N3O2S/c1-11-5-2-3-7-13(11)16-18-15(21-19-16)10-17-14(20)9-12-6-4-8-22-12/h2-8H,9-10H2,1H3,(H,17,20). The summed E-state index contributed by atoms with van der Waals surface area (Å²) in [5, 5.41) is 8.71. The molecule has 0 bridgehead atoms. The molecular formula is C16H15N3O2S. The van der Waals surface area contributed by atoms with Crippen LogP contribution in [-0.2, 0) is 17.8 Å². The zero-order chi connectivity index (χ0) is 15.4. The third kappa shape index (κ3) is 3.40. The number of aryl methyl sites for hydroxylation is 1. The molecule has 1 N–H and O–H groups in total. The maximum absolute atomic E-state index is 11.8. The van der Waals surface area contributed by atoms with E-state index in [0.29, 0.717) is 18.1 Å². The van der Waals surface area contributed by atoms with Crippen molar-refractivity contribution in [3.05, 3.63) is 58.1 Å². The van der Waals surface area contributed by atoms with Crippen LogP contribution in [0.5, 0.6) is 0 Å². The van der Waals surface area contributed by atoms with Crippen LogP contribution in [-0.4, -0.2) is 16.0 Å². The number of rotatable bonds is 5. The first kappa shape index (κ1) is 14.5. The third-order valence-corrected chi connectivity index (χ3v) is 4.08. The topological polar surface area (TPSA) is 68.0 Å². The van der Waals surface area contributed by atoms with Gasteiger partial charge in [0.15, 0.2) is 0 Å². The Morgan fingerprint density at radius 3 is 2.91 bits per heavy atom. The molecule has 0 unspecified atom stereocenters. The second-order valence-corrected chi connectivity index (χ2v) is 5.89. The highest BCUT2D eigenvalue weighted by Gasteiger charge is 2.11. The van der Waals surface area contributed by atoms with E-state index in [-0.39, 0.29) is 12.5 Å². The molecule has 6 heteroatoms. The highest BCUT2D eigenvalue weighted by atomic mass is 32.1. The lowest BCUT2D eigenvalue weighted by Crippen LogP contribution is -2.24. The van der Waals surface area contributed by atoms with Gasteiger partial charge in [-0.3, -0.25) is 4.79 Å². The molecular weight excluding hydrogens is 298 g/mol. The lowest BCUT2D eigenvalue weighted by Gasteiger charge is -2.00. The van der Waals surface area contributed by atoms with E-state index in [2.05, 4.69) is 15.5 Å². The van der Waals surface area contributed by atoms with Crippen molar-refractivity contribution in [2.24, 2.45) is 0 Å². The van der Waals surface area contributed by atoms with Crippen molar-refractivity contribution < 1.29 is 9.32 Å². The van der Waals surface area contributed by atoms with Crippen molar-refractivity contribution in [2.45, 2.75) is 19.9 Å². The Bertz CT molecular complexity index is 765. The summed E-state index contributed by atoms with van der Waals surface area (Å²) >= 11 is 1.56. The van der Waals surface area contributed by atoms with E-state index in [1.807, 2.05) is 48.7 Å². The largest absolute Gasteiger partial charge is 0.347 e. The van der Waals surface area contributed by atoms with Gasteiger partial charge in [0, 0.05) is 10.4 Å². The molecule has 0 fully saturated rings. The molecule has 0 spiro atoms. The number of benzene rings is 1. The molecule has 5 nitrogen and oxygen atoms in total. The van der Waals surface area contributed by atoms with Gasteiger partial charge in [-0.1, -0.05) is 35.5 Å². The molecule has 1 aromatic carbocycles. The van der Waals surface area contributed by atoms with Crippen molar-refractivity contribution in [1.29, 1.82) is 0 Å². The molecule has 0 aliphatic heterocycles. The van der Waals surface area contributed by atoms with Crippen LogP contribution in [0.2, 0.25) is 0 Å². The van der Waals surface area contributed by atoms with E-state index in [4.69, 9.17) is 4.52 Å². The Morgan fingerprint density at radius 2 is 2.14 bits per heavy atom. The second kappa shape index (κ2) is 6.53. The first-order valence-corrected chi connectivity index (χ1v) is 7.78. The lowest BCUT2D eigenvalue weighted by atomic mass is 10.1. The number of hydrogen-bond donors (Lipinski definition) is 1. The molecule has 2 aromatic heterocycles. The Labute approximate surface area is 132 Å². The Morgan fingerprint density at radius 1 is 1.27 bits per heavy atom. The zero-order valence-corrected chi connectivity index (χ0v) is 12.9. The van der Waals surface area contributed by atoms with Gasteiger partial charge in [-0.2, -0.15) is 4.98 Å². The lowest BCUT2D eigenvalue weighted by molar-refractivity contribution is -0.120. The molecule has 0 aliphatic carbocycles. The maximum atomic E-state index is 11.8. The van der Waals surface area contributed by atoms with E-state index in [0.717, 1.165) is 16.0 Å². The fraction of sp³-hybridized carbons (Fsp3) is 0.188. The fourth-order valence-electron chi connectivity index (χ4n) is 2.07. The van der Waals surface area contributed by atoms with Crippen LogP contribution < -0.4 is 5.32 Å². The van der Waals surface area contributed by atoms with Gasteiger partial charge in [0.25, 0.3) is 0 Å². The minimum atomic E-state index is -0.0573. The van der Waals surface area contributed by atoms with E-state index in [1.54, 1.807) is 11.3 Å². The van der Waals surface area contributed by atoms with Crippen molar-refractivity contribution >= 4 is 17.2 Å². The van der Waals surface area contributed by atoms with Gasteiger partial charge < -0.3 is 9.84 Å². The SMILES string of the molecule is Cc1ccccc1-c1noc(CNC(=O)Cc2cccs2)n1. The van der Waals surface area contributed by atoms with Crippen LogP contribution in [0.1, 0.15) is 16.3 Å². The Balaban J connectivity index is 1.60. The summed E-state index contributed by atoms with van der Waals surface area (Å²) in [6, 6.07) is 11.7.